The molecule has 6 heteroatoms. The zero-order chi connectivity index (χ0) is 15.1. The van der Waals surface area contributed by atoms with Crippen molar-refractivity contribution in [2.75, 3.05) is 38.9 Å². The molecular weight excluding hydrogens is 274 g/mol. The number of nitrogens with two attached hydrogens (primary N) is 1. The normalized spacial score (nSPS) is 12.2. The number of ether oxygens (including phenoxy) is 2. The summed E-state index contributed by atoms with van der Waals surface area (Å²) in [5.41, 5.74) is 7.44. The van der Waals surface area contributed by atoms with Crippen LogP contribution >= 0.6 is 12.2 Å². The average Bonchev–Trinajstić information content (AvgIpc) is 2.38. The minimum absolute atomic E-state index is 0.184. The number of thiocarbonyl (C=S) groups is 1. The second-order valence-electron chi connectivity index (χ2n) is 4.71. The third kappa shape index (κ3) is 4.70. The van der Waals surface area contributed by atoms with Gasteiger partial charge in [0.2, 0.25) is 0 Å². The molecule has 1 rings (SSSR count). The molecule has 0 aliphatic carbocycles. The van der Waals surface area contributed by atoms with Crippen LogP contribution in [-0.4, -0.2) is 50.0 Å². The van der Waals surface area contributed by atoms with E-state index in [0.29, 0.717) is 18.2 Å². The first kappa shape index (κ1) is 16.8. The number of hydrogen-bond donors (Lipinski definition) is 1. The monoisotopic (exact) mass is 297 g/mol. The van der Waals surface area contributed by atoms with E-state index in [1.807, 2.05) is 19.1 Å². The second kappa shape index (κ2) is 8.14. The summed E-state index contributed by atoms with van der Waals surface area (Å²) in [6.07, 6.45) is 0. The molecule has 20 heavy (non-hydrogen) atoms. The largest absolute Gasteiger partial charge is 0.389 e. The number of pyridine rings is 1. The van der Waals surface area contributed by atoms with Crippen LogP contribution in [0.2, 0.25) is 0 Å². The van der Waals surface area contributed by atoms with E-state index in [2.05, 4.69) is 16.8 Å². The van der Waals surface area contributed by atoms with Crippen LogP contribution in [0.25, 0.3) is 0 Å². The molecule has 1 heterocycles. The minimum atomic E-state index is 0.184. The van der Waals surface area contributed by atoms with Gasteiger partial charge in [0.1, 0.15) is 10.8 Å². The van der Waals surface area contributed by atoms with Crippen molar-refractivity contribution in [1.29, 1.82) is 0 Å². The highest BCUT2D eigenvalue weighted by Crippen LogP contribution is 2.18. The molecular formula is C14H23N3O2S. The Kier molecular flexibility index (Phi) is 6.84. The first-order chi connectivity index (χ1) is 9.49. The molecule has 5 nitrogen and oxygen atoms in total. The highest BCUT2D eigenvalue weighted by molar-refractivity contribution is 7.80. The number of anilines is 1. The molecule has 1 aromatic rings. The maximum atomic E-state index is 5.72. The molecule has 0 aliphatic heterocycles. The average molecular weight is 297 g/mol. The quantitative estimate of drug-likeness (QED) is 0.734. The van der Waals surface area contributed by atoms with Gasteiger partial charge in [0, 0.05) is 32.0 Å². The van der Waals surface area contributed by atoms with Crippen molar-refractivity contribution in [3.8, 4) is 0 Å². The van der Waals surface area contributed by atoms with Gasteiger partial charge in [-0.15, -0.1) is 0 Å². The van der Waals surface area contributed by atoms with E-state index in [0.717, 1.165) is 23.6 Å². The summed E-state index contributed by atoms with van der Waals surface area (Å²) in [6, 6.07) is 3.99. The third-order valence-corrected chi connectivity index (χ3v) is 3.23. The van der Waals surface area contributed by atoms with Crippen LogP contribution < -0.4 is 10.6 Å². The van der Waals surface area contributed by atoms with Gasteiger partial charge in [-0.2, -0.15) is 0 Å². The van der Waals surface area contributed by atoms with Crippen LogP contribution in [-0.2, 0) is 9.47 Å². The molecule has 1 unspecified atom stereocenters. The SMILES string of the molecule is COCCN(c1cc(C(N)=S)cc(C)n1)C(C)COC. The first-order valence-electron chi connectivity index (χ1n) is 6.52. The van der Waals surface area contributed by atoms with Crippen molar-refractivity contribution < 1.29 is 9.47 Å². The van der Waals surface area contributed by atoms with Crippen molar-refractivity contribution in [2.45, 2.75) is 19.9 Å². The summed E-state index contributed by atoms with van der Waals surface area (Å²) in [6.45, 7) is 5.98. The van der Waals surface area contributed by atoms with Crippen LogP contribution in [0.3, 0.4) is 0 Å². The molecule has 0 bridgehead atoms. The van der Waals surface area contributed by atoms with Gasteiger partial charge < -0.3 is 20.1 Å². The van der Waals surface area contributed by atoms with Crippen molar-refractivity contribution in [2.24, 2.45) is 5.73 Å². The zero-order valence-electron chi connectivity index (χ0n) is 12.5. The smallest absolute Gasteiger partial charge is 0.129 e. The molecule has 0 radical (unpaired) electrons. The van der Waals surface area contributed by atoms with Gasteiger partial charge in [-0.05, 0) is 26.0 Å². The van der Waals surface area contributed by atoms with Crippen LogP contribution in [0, 0.1) is 6.92 Å². The lowest BCUT2D eigenvalue weighted by Crippen LogP contribution is -2.39. The molecule has 0 fully saturated rings. The zero-order valence-corrected chi connectivity index (χ0v) is 13.4. The van der Waals surface area contributed by atoms with Gasteiger partial charge in [0.25, 0.3) is 0 Å². The molecule has 2 N–H and O–H groups in total. The van der Waals surface area contributed by atoms with Crippen LogP contribution in [0.1, 0.15) is 18.2 Å². The summed E-state index contributed by atoms with van der Waals surface area (Å²) >= 11 is 5.05. The maximum Gasteiger partial charge on any atom is 0.129 e. The topological polar surface area (TPSA) is 60.6 Å². The van der Waals surface area contributed by atoms with E-state index in [1.54, 1.807) is 14.2 Å². The fraction of sp³-hybridized carbons (Fsp3) is 0.571. The Morgan fingerprint density at radius 3 is 2.65 bits per heavy atom. The maximum absolute atomic E-state index is 5.72. The standard InChI is InChI=1S/C14H23N3O2S/c1-10-7-12(14(15)20)8-13(16-10)17(5-6-18-3)11(2)9-19-4/h7-8,11H,5-6,9H2,1-4H3,(H2,15,20). The van der Waals surface area contributed by atoms with Gasteiger partial charge in [-0.25, -0.2) is 4.98 Å². The molecule has 0 spiro atoms. The molecule has 112 valence electrons. The van der Waals surface area contributed by atoms with E-state index in [4.69, 9.17) is 27.4 Å². The Hall–Kier alpha value is -1.24. The van der Waals surface area contributed by atoms with Crippen molar-refractivity contribution >= 4 is 23.0 Å². The number of rotatable bonds is 8. The summed E-state index contributed by atoms with van der Waals surface area (Å²) in [5, 5.41) is 0. The Morgan fingerprint density at radius 1 is 1.40 bits per heavy atom. The van der Waals surface area contributed by atoms with Gasteiger partial charge in [-0.3, -0.25) is 0 Å². The van der Waals surface area contributed by atoms with Gasteiger partial charge in [0.05, 0.1) is 19.3 Å². The van der Waals surface area contributed by atoms with Gasteiger partial charge in [-0.1, -0.05) is 12.2 Å². The molecule has 0 amide bonds. The van der Waals surface area contributed by atoms with Crippen LogP contribution in [0.4, 0.5) is 5.82 Å². The lowest BCUT2D eigenvalue weighted by molar-refractivity contribution is 0.170. The Labute approximate surface area is 126 Å². The van der Waals surface area contributed by atoms with E-state index >= 15 is 0 Å². The Balaban J connectivity index is 3.08. The number of hydrogen-bond acceptors (Lipinski definition) is 5. The summed E-state index contributed by atoms with van der Waals surface area (Å²) < 4.78 is 10.4. The molecule has 1 atom stereocenters. The molecule has 1 aromatic heterocycles. The highest BCUT2D eigenvalue weighted by atomic mass is 32.1. The fourth-order valence-corrected chi connectivity index (χ4v) is 2.14. The van der Waals surface area contributed by atoms with Crippen molar-refractivity contribution in [3.05, 3.63) is 23.4 Å². The lowest BCUT2D eigenvalue weighted by Gasteiger charge is -2.30. The highest BCUT2D eigenvalue weighted by Gasteiger charge is 2.17. The summed E-state index contributed by atoms with van der Waals surface area (Å²) in [7, 11) is 3.37. The number of methoxy groups -OCH3 is 2. The van der Waals surface area contributed by atoms with E-state index in [-0.39, 0.29) is 6.04 Å². The number of nitrogens with zero attached hydrogens (tertiary/aromatic N) is 2. The van der Waals surface area contributed by atoms with E-state index in [9.17, 15) is 0 Å². The predicted molar refractivity (Wildman–Crippen MR) is 85.4 cm³/mol. The van der Waals surface area contributed by atoms with E-state index in [1.165, 1.54) is 0 Å². The Bertz CT molecular complexity index is 454. The van der Waals surface area contributed by atoms with Gasteiger partial charge in [0.15, 0.2) is 0 Å². The third-order valence-electron chi connectivity index (χ3n) is 2.99. The summed E-state index contributed by atoms with van der Waals surface area (Å²) in [4.78, 5) is 7.09. The first-order valence-corrected chi connectivity index (χ1v) is 6.93. The number of aryl methyl sites for hydroxylation is 1. The molecule has 0 aliphatic rings. The summed E-state index contributed by atoms with van der Waals surface area (Å²) in [5.74, 6) is 0.842. The molecule has 0 aromatic carbocycles. The molecule has 0 saturated heterocycles. The lowest BCUT2D eigenvalue weighted by atomic mass is 10.2. The fourth-order valence-electron chi connectivity index (χ4n) is 2.02. The second-order valence-corrected chi connectivity index (χ2v) is 5.15. The minimum Gasteiger partial charge on any atom is -0.389 e. The van der Waals surface area contributed by atoms with Crippen LogP contribution in [0.5, 0.6) is 0 Å². The number of aromatic nitrogens is 1. The van der Waals surface area contributed by atoms with Crippen molar-refractivity contribution in [1.82, 2.24) is 4.98 Å². The van der Waals surface area contributed by atoms with Crippen LogP contribution in [0.15, 0.2) is 12.1 Å². The Morgan fingerprint density at radius 2 is 2.10 bits per heavy atom. The molecule has 0 saturated carbocycles. The van der Waals surface area contributed by atoms with E-state index < -0.39 is 0 Å². The van der Waals surface area contributed by atoms with Gasteiger partial charge >= 0.3 is 0 Å². The predicted octanol–water partition coefficient (Wildman–Crippen LogP) is 1.51. The van der Waals surface area contributed by atoms with Crippen molar-refractivity contribution in [3.63, 3.8) is 0 Å².